The predicted molar refractivity (Wildman–Crippen MR) is 81.3 cm³/mol. The van der Waals surface area contributed by atoms with Crippen LogP contribution in [0.5, 0.6) is 0 Å². The first-order valence-electron chi connectivity index (χ1n) is 6.60. The molecule has 0 bridgehead atoms. The van der Waals surface area contributed by atoms with Gasteiger partial charge in [-0.3, -0.25) is 4.79 Å². The average molecular weight is 340 g/mol. The summed E-state index contributed by atoms with van der Waals surface area (Å²) in [6.07, 6.45) is -1.25. The minimum atomic E-state index is -1.26. The second-order valence-electron chi connectivity index (χ2n) is 4.64. The molecule has 7 heteroatoms. The summed E-state index contributed by atoms with van der Waals surface area (Å²) in [5.74, 6) is -4.03. The van der Waals surface area contributed by atoms with E-state index in [4.69, 9.17) is 16.3 Å². The summed E-state index contributed by atoms with van der Waals surface area (Å²) >= 11 is 5.79. The maximum atomic E-state index is 13.5. The highest BCUT2D eigenvalue weighted by Gasteiger charge is 2.24. The van der Waals surface area contributed by atoms with E-state index in [9.17, 15) is 18.4 Å². The number of anilines is 1. The molecule has 0 saturated carbocycles. The molecule has 0 aliphatic heterocycles. The van der Waals surface area contributed by atoms with Gasteiger partial charge in [-0.25, -0.2) is 13.6 Å². The molecule has 1 N–H and O–H groups in total. The number of rotatable bonds is 4. The van der Waals surface area contributed by atoms with E-state index in [1.807, 2.05) is 0 Å². The summed E-state index contributed by atoms with van der Waals surface area (Å²) in [6, 6.07) is 9.33. The van der Waals surface area contributed by atoms with Crippen molar-refractivity contribution < 1.29 is 23.1 Å². The Labute approximate surface area is 136 Å². The molecule has 2 rings (SSSR count). The number of benzene rings is 2. The van der Waals surface area contributed by atoms with Gasteiger partial charge in [0.25, 0.3) is 5.91 Å². The molecule has 1 atom stereocenters. The summed E-state index contributed by atoms with van der Waals surface area (Å²) < 4.78 is 31.8. The van der Waals surface area contributed by atoms with E-state index in [0.717, 1.165) is 18.2 Å². The molecule has 2 aromatic rings. The zero-order chi connectivity index (χ0) is 17.0. The summed E-state index contributed by atoms with van der Waals surface area (Å²) in [5, 5.41) is 2.90. The van der Waals surface area contributed by atoms with Crippen LogP contribution in [0, 0.1) is 11.6 Å². The topological polar surface area (TPSA) is 55.4 Å². The normalized spacial score (nSPS) is 11.7. The number of halogens is 3. The van der Waals surface area contributed by atoms with Gasteiger partial charge in [0.2, 0.25) is 0 Å². The van der Waals surface area contributed by atoms with E-state index < -0.39 is 35.2 Å². The van der Waals surface area contributed by atoms with Crippen molar-refractivity contribution >= 4 is 29.2 Å². The van der Waals surface area contributed by atoms with Gasteiger partial charge in [0.1, 0.15) is 17.2 Å². The monoisotopic (exact) mass is 339 g/mol. The fraction of sp³-hybridized carbons (Fsp3) is 0.125. The van der Waals surface area contributed by atoms with Crippen molar-refractivity contribution in [2.75, 3.05) is 5.32 Å². The highest BCUT2D eigenvalue weighted by atomic mass is 35.5. The SMILES string of the molecule is C[C@H](OC(=O)c1c(F)cccc1F)C(=O)Nc1cccc(Cl)c1. The van der Waals surface area contributed by atoms with Gasteiger partial charge in [-0.15, -0.1) is 0 Å². The Morgan fingerprint density at radius 1 is 1.13 bits per heavy atom. The van der Waals surface area contributed by atoms with Gasteiger partial charge >= 0.3 is 5.97 Å². The zero-order valence-electron chi connectivity index (χ0n) is 12.0. The van der Waals surface area contributed by atoms with Gasteiger partial charge in [-0.05, 0) is 37.3 Å². The smallest absolute Gasteiger partial charge is 0.344 e. The summed E-state index contributed by atoms with van der Waals surface area (Å²) in [5.41, 5.74) is -0.433. The number of carbonyl (C=O) groups excluding carboxylic acids is 2. The Hall–Kier alpha value is -2.47. The van der Waals surface area contributed by atoms with Crippen LogP contribution in [0.4, 0.5) is 14.5 Å². The van der Waals surface area contributed by atoms with Crippen molar-refractivity contribution in [3.05, 3.63) is 64.7 Å². The van der Waals surface area contributed by atoms with Gasteiger partial charge < -0.3 is 10.1 Å². The average Bonchev–Trinajstić information content (AvgIpc) is 2.46. The molecule has 2 aromatic carbocycles. The van der Waals surface area contributed by atoms with Crippen molar-refractivity contribution in [2.24, 2.45) is 0 Å². The maximum Gasteiger partial charge on any atom is 0.344 e. The van der Waals surface area contributed by atoms with E-state index >= 15 is 0 Å². The van der Waals surface area contributed by atoms with E-state index in [0.29, 0.717) is 10.7 Å². The molecule has 0 heterocycles. The van der Waals surface area contributed by atoms with Crippen molar-refractivity contribution in [1.29, 1.82) is 0 Å². The summed E-state index contributed by atoms with van der Waals surface area (Å²) in [4.78, 5) is 23.7. The van der Waals surface area contributed by atoms with Crippen molar-refractivity contribution in [3.63, 3.8) is 0 Å². The molecule has 0 saturated heterocycles. The first-order chi connectivity index (χ1) is 10.9. The van der Waals surface area contributed by atoms with Crippen LogP contribution in [0.15, 0.2) is 42.5 Å². The number of esters is 1. The van der Waals surface area contributed by atoms with Gasteiger partial charge in [-0.2, -0.15) is 0 Å². The van der Waals surface area contributed by atoms with Crippen LogP contribution < -0.4 is 5.32 Å². The Morgan fingerprint density at radius 3 is 2.35 bits per heavy atom. The number of nitrogens with one attached hydrogen (secondary N) is 1. The Balaban J connectivity index is 2.05. The van der Waals surface area contributed by atoms with E-state index in [2.05, 4.69) is 5.32 Å². The van der Waals surface area contributed by atoms with Crippen LogP contribution in [0.25, 0.3) is 0 Å². The number of hydrogen-bond donors (Lipinski definition) is 1. The van der Waals surface area contributed by atoms with Crippen molar-refractivity contribution in [2.45, 2.75) is 13.0 Å². The molecule has 0 unspecified atom stereocenters. The molecule has 0 aromatic heterocycles. The molecule has 23 heavy (non-hydrogen) atoms. The first kappa shape index (κ1) is 16.9. The lowest BCUT2D eigenvalue weighted by Crippen LogP contribution is -2.30. The molecule has 120 valence electrons. The molecule has 1 amide bonds. The summed E-state index contributed by atoms with van der Waals surface area (Å²) in [6.45, 7) is 1.29. The van der Waals surface area contributed by atoms with Crippen LogP contribution in [-0.4, -0.2) is 18.0 Å². The lowest BCUT2D eigenvalue weighted by Gasteiger charge is -2.14. The predicted octanol–water partition coefficient (Wildman–Crippen LogP) is 3.80. The third-order valence-electron chi connectivity index (χ3n) is 2.91. The number of hydrogen-bond acceptors (Lipinski definition) is 3. The third kappa shape index (κ3) is 4.26. The molecule has 4 nitrogen and oxygen atoms in total. The standard InChI is InChI=1S/C16H12ClF2NO3/c1-9(15(21)20-11-5-2-4-10(17)8-11)23-16(22)14-12(18)6-3-7-13(14)19/h2-9H,1H3,(H,20,21)/t9-/m0/s1. The van der Waals surface area contributed by atoms with Crippen LogP contribution in [0.1, 0.15) is 17.3 Å². The highest BCUT2D eigenvalue weighted by molar-refractivity contribution is 6.30. The fourth-order valence-corrected chi connectivity index (χ4v) is 1.97. The van der Waals surface area contributed by atoms with E-state index in [1.165, 1.54) is 13.0 Å². The number of ether oxygens (including phenoxy) is 1. The van der Waals surface area contributed by atoms with Crippen LogP contribution in [-0.2, 0) is 9.53 Å². The molecule has 0 radical (unpaired) electrons. The van der Waals surface area contributed by atoms with Crippen molar-refractivity contribution in [1.82, 2.24) is 0 Å². The minimum Gasteiger partial charge on any atom is -0.449 e. The Morgan fingerprint density at radius 2 is 1.74 bits per heavy atom. The van der Waals surface area contributed by atoms with Crippen LogP contribution in [0.3, 0.4) is 0 Å². The Bertz CT molecular complexity index is 732. The molecular formula is C16H12ClF2NO3. The molecule has 0 spiro atoms. The molecular weight excluding hydrogens is 328 g/mol. The molecule has 0 fully saturated rings. The zero-order valence-corrected chi connectivity index (χ0v) is 12.7. The largest absolute Gasteiger partial charge is 0.449 e. The quantitative estimate of drug-likeness (QED) is 0.862. The number of carbonyl (C=O) groups is 2. The van der Waals surface area contributed by atoms with Gasteiger partial charge in [0, 0.05) is 10.7 Å². The maximum absolute atomic E-state index is 13.5. The van der Waals surface area contributed by atoms with Gasteiger partial charge in [-0.1, -0.05) is 23.7 Å². The second-order valence-corrected chi connectivity index (χ2v) is 5.08. The lowest BCUT2D eigenvalue weighted by molar-refractivity contribution is -0.123. The third-order valence-corrected chi connectivity index (χ3v) is 3.15. The Kier molecular flexibility index (Phi) is 5.28. The van der Waals surface area contributed by atoms with Crippen molar-refractivity contribution in [3.8, 4) is 0 Å². The minimum absolute atomic E-state index is 0.405. The summed E-state index contributed by atoms with van der Waals surface area (Å²) in [7, 11) is 0. The second kappa shape index (κ2) is 7.19. The van der Waals surface area contributed by atoms with Crippen LogP contribution >= 0.6 is 11.6 Å². The fourth-order valence-electron chi connectivity index (χ4n) is 1.78. The highest BCUT2D eigenvalue weighted by Crippen LogP contribution is 2.17. The van der Waals surface area contributed by atoms with E-state index in [1.54, 1.807) is 18.2 Å². The molecule has 0 aliphatic rings. The van der Waals surface area contributed by atoms with Gasteiger partial charge in [0.05, 0.1) is 0 Å². The first-order valence-corrected chi connectivity index (χ1v) is 6.97. The van der Waals surface area contributed by atoms with Crippen LogP contribution in [0.2, 0.25) is 5.02 Å². The molecule has 0 aliphatic carbocycles. The van der Waals surface area contributed by atoms with Gasteiger partial charge in [0.15, 0.2) is 6.10 Å². The number of amides is 1. The van der Waals surface area contributed by atoms with E-state index in [-0.39, 0.29) is 0 Å². The lowest BCUT2D eigenvalue weighted by atomic mass is 10.2.